The van der Waals surface area contributed by atoms with Crippen molar-refractivity contribution in [1.29, 1.82) is 0 Å². The van der Waals surface area contributed by atoms with Crippen LogP contribution in [0.2, 0.25) is 0 Å². The van der Waals surface area contributed by atoms with Crippen LogP contribution in [0.25, 0.3) is 21.8 Å². The lowest BCUT2D eigenvalue weighted by Crippen LogP contribution is -2.13. The number of carbonyl (C=O) groups is 2. The summed E-state index contributed by atoms with van der Waals surface area (Å²) in [6.45, 7) is 0.115. The molecule has 1 fully saturated rings. The molecule has 0 aliphatic heterocycles. The normalized spacial score (nSPS) is 15.1. The average Bonchev–Trinajstić information content (AvgIpc) is 3.07. The number of aromatic nitrogens is 1. The number of amides is 1. The van der Waals surface area contributed by atoms with E-state index in [1.807, 2.05) is 24.3 Å². The number of primary amides is 1. The Balaban J connectivity index is 1.87. The summed E-state index contributed by atoms with van der Waals surface area (Å²) in [7, 11) is 0. The van der Waals surface area contributed by atoms with Crippen LogP contribution in [0, 0.1) is 5.92 Å². The molecule has 1 heterocycles. The maximum Gasteiger partial charge on any atom is 0.337 e. The van der Waals surface area contributed by atoms with Gasteiger partial charge in [0.1, 0.15) is 12.4 Å². The predicted octanol–water partition coefficient (Wildman–Crippen LogP) is 3.76. The maximum absolute atomic E-state index is 12.1. The van der Waals surface area contributed by atoms with Gasteiger partial charge in [0.25, 0.3) is 0 Å². The molecular weight excluding hydrogens is 368 g/mol. The van der Waals surface area contributed by atoms with Gasteiger partial charge in [-0.05, 0) is 36.6 Å². The second-order valence-electron chi connectivity index (χ2n) is 7.79. The third-order valence-electron chi connectivity index (χ3n) is 5.98. The molecule has 0 atom stereocenters. The van der Waals surface area contributed by atoms with Crippen LogP contribution in [-0.2, 0) is 11.3 Å². The van der Waals surface area contributed by atoms with E-state index in [1.54, 1.807) is 12.1 Å². The molecule has 0 radical (unpaired) electrons. The van der Waals surface area contributed by atoms with Crippen molar-refractivity contribution in [3.63, 3.8) is 0 Å². The van der Waals surface area contributed by atoms with Crippen molar-refractivity contribution in [3.05, 3.63) is 42.0 Å². The summed E-state index contributed by atoms with van der Waals surface area (Å²) in [5.74, 6) is -0.218. The Morgan fingerprint density at radius 2 is 1.72 bits per heavy atom. The molecule has 4 rings (SSSR count). The van der Waals surface area contributed by atoms with E-state index in [0.717, 1.165) is 24.0 Å². The number of aliphatic hydroxyl groups excluding tert-OH is 1. The number of rotatable bonds is 6. The quantitative estimate of drug-likeness (QED) is 0.492. The van der Waals surface area contributed by atoms with E-state index in [-0.39, 0.29) is 0 Å². The van der Waals surface area contributed by atoms with E-state index >= 15 is 0 Å². The number of aryl methyl sites for hydroxylation is 1. The van der Waals surface area contributed by atoms with Crippen LogP contribution in [0.3, 0.4) is 0 Å². The van der Waals surface area contributed by atoms with Gasteiger partial charge in [-0.2, -0.15) is 0 Å². The first-order valence-electron chi connectivity index (χ1n) is 10.3. The Bertz CT molecular complexity index is 1060. The zero-order valence-corrected chi connectivity index (χ0v) is 16.4. The molecule has 1 amide bonds. The number of esters is 1. The summed E-state index contributed by atoms with van der Waals surface area (Å²) in [4.78, 5) is 23.9. The van der Waals surface area contributed by atoms with E-state index in [0.29, 0.717) is 28.0 Å². The molecule has 0 unspecified atom stereocenters. The van der Waals surface area contributed by atoms with Gasteiger partial charge in [0.05, 0.1) is 16.4 Å². The summed E-state index contributed by atoms with van der Waals surface area (Å²) in [6.07, 6.45) is 7.52. The second-order valence-corrected chi connectivity index (χ2v) is 7.79. The van der Waals surface area contributed by atoms with Crippen molar-refractivity contribution in [2.75, 3.05) is 6.61 Å². The molecule has 1 aliphatic rings. The van der Waals surface area contributed by atoms with Crippen LogP contribution >= 0.6 is 0 Å². The van der Waals surface area contributed by atoms with Gasteiger partial charge in [0, 0.05) is 17.5 Å². The van der Waals surface area contributed by atoms with E-state index in [1.165, 1.54) is 32.1 Å². The minimum absolute atomic E-state index is 0.330. The fourth-order valence-electron chi connectivity index (χ4n) is 4.63. The van der Waals surface area contributed by atoms with E-state index in [9.17, 15) is 9.59 Å². The van der Waals surface area contributed by atoms with Gasteiger partial charge in [-0.1, -0.05) is 44.2 Å². The molecule has 0 bridgehead atoms. The Labute approximate surface area is 169 Å². The van der Waals surface area contributed by atoms with Crippen molar-refractivity contribution in [2.24, 2.45) is 11.7 Å². The number of hydrogen-bond donors (Lipinski definition) is 2. The monoisotopic (exact) mass is 394 g/mol. The standard InChI is InChI=1S/C23H26N2O4/c24-23(28)16-8-4-9-17-21(16)22-18(10-5-11-19(22)29-20(27)14-26)25(17)13-12-15-6-2-1-3-7-15/h4-5,8-11,15,26H,1-3,6-7,12-14H2,(H2,24,28). The maximum atomic E-state index is 12.1. The molecule has 0 spiro atoms. The van der Waals surface area contributed by atoms with Crippen molar-refractivity contribution in [2.45, 2.75) is 45.1 Å². The zero-order valence-electron chi connectivity index (χ0n) is 16.4. The Kier molecular flexibility index (Phi) is 5.53. The highest BCUT2D eigenvalue weighted by atomic mass is 16.5. The molecule has 0 saturated heterocycles. The number of ether oxygens (including phenoxy) is 1. The number of carbonyl (C=O) groups excluding carboxylic acids is 2. The second kappa shape index (κ2) is 8.25. The first-order valence-corrected chi connectivity index (χ1v) is 10.3. The van der Waals surface area contributed by atoms with Gasteiger partial charge >= 0.3 is 5.97 Å². The SMILES string of the molecule is NC(=O)c1cccc2c1c1c(OC(=O)CO)cccc1n2CCC1CCCCC1. The summed E-state index contributed by atoms with van der Waals surface area (Å²) in [5, 5.41) is 10.5. The first-order chi connectivity index (χ1) is 14.1. The number of hydrogen-bond acceptors (Lipinski definition) is 4. The molecule has 29 heavy (non-hydrogen) atoms. The summed E-state index contributed by atoms with van der Waals surface area (Å²) < 4.78 is 7.57. The lowest BCUT2D eigenvalue weighted by molar-refractivity contribution is -0.137. The highest BCUT2D eigenvalue weighted by Crippen LogP contribution is 2.38. The first kappa shape index (κ1) is 19.5. The molecule has 2 aromatic carbocycles. The smallest absolute Gasteiger partial charge is 0.337 e. The van der Waals surface area contributed by atoms with Gasteiger partial charge in [0.15, 0.2) is 0 Å². The van der Waals surface area contributed by atoms with Gasteiger partial charge in [-0.3, -0.25) is 4.79 Å². The van der Waals surface area contributed by atoms with Crippen LogP contribution in [0.15, 0.2) is 36.4 Å². The summed E-state index contributed by atoms with van der Waals surface area (Å²) >= 11 is 0. The van der Waals surface area contributed by atoms with Gasteiger partial charge < -0.3 is 20.1 Å². The summed E-state index contributed by atoms with van der Waals surface area (Å²) in [6, 6.07) is 11.0. The fourth-order valence-corrected chi connectivity index (χ4v) is 4.63. The van der Waals surface area contributed by atoms with Crippen LogP contribution in [0.1, 0.15) is 48.9 Å². The minimum Gasteiger partial charge on any atom is -0.424 e. The fraction of sp³-hybridized carbons (Fsp3) is 0.391. The van der Waals surface area contributed by atoms with Crippen LogP contribution < -0.4 is 10.5 Å². The van der Waals surface area contributed by atoms with Crippen LogP contribution in [0.5, 0.6) is 5.75 Å². The van der Waals surface area contributed by atoms with Crippen LogP contribution in [0.4, 0.5) is 0 Å². The van der Waals surface area contributed by atoms with E-state index in [4.69, 9.17) is 15.6 Å². The molecule has 6 heteroatoms. The molecule has 3 N–H and O–H groups in total. The number of fused-ring (bicyclic) bond motifs is 3. The molecule has 152 valence electrons. The van der Waals surface area contributed by atoms with Crippen LogP contribution in [-0.4, -0.2) is 28.2 Å². The number of aliphatic hydroxyl groups is 1. The number of nitrogens with zero attached hydrogens (tertiary/aromatic N) is 1. The molecule has 1 aliphatic carbocycles. The molecular formula is C23H26N2O4. The largest absolute Gasteiger partial charge is 0.424 e. The van der Waals surface area contributed by atoms with E-state index in [2.05, 4.69) is 4.57 Å². The number of benzene rings is 2. The number of nitrogens with two attached hydrogens (primary N) is 1. The Morgan fingerprint density at radius 1 is 1.03 bits per heavy atom. The lowest BCUT2D eigenvalue weighted by atomic mass is 9.87. The highest BCUT2D eigenvalue weighted by Gasteiger charge is 2.21. The van der Waals surface area contributed by atoms with Crippen molar-refractivity contribution < 1.29 is 19.4 Å². The Hall–Kier alpha value is -2.86. The molecule has 3 aromatic rings. The van der Waals surface area contributed by atoms with Gasteiger partial charge in [-0.25, -0.2) is 4.79 Å². The zero-order chi connectivity index (χ0) is 20.4. The Morgan fingerprint density at radius 3 is 2.41 bits per heavy atom. The van der Waals surface area contributed by atoms with Crippen molar-refractivity contribution >= 4 is 33.7 Å². The lowest BCUT2D eigenvalue weighted by Gasteiger charge is -2.22. The molecule has 1 aromatic heterocycles. The van der Waals surface area contributed by atoms with Gasteiger partial charge in [0.2, 0.25) is 5.91 Å². The van der Waals surface area contributed by atoms with Gasteiger partial charge in [-0.15, -0.1) is 0 Å². The molecule has 6 nitrogen and oxygen atoms in total. The van der Waals surface area contributed by atoms with Crippen molar-refractivity contribution in [3.8, 4) is 5.75 Å². The van der Waals surface area contributed by atoms with Crippen molar-refractivity contribution in [1.82, 2.24) is 4.57 Å². The molecule has 1 saturated carbocycles. The third kappa shape index (κ3) is 3.72. The third-order valence-corrected chi connectivity index (χ3v) is 5.98. The minimum atomic E-state index is -0.739. The van der Waals surface area contributed by atoms with E-state index < -0.39 is 18.5 Å². The highest BCUT2D eigenvalue weighted by molar-refractivity contribution is 6.20. The summed E-state index contributed by atoms with van der Waals surface area (Å²) in [5.41, 5.74) is 7.85. The topological polar surface area (TPSA) is 94.6 Å². The predicted molar refractivity (Wildman–Crippen MR) is 112 cm³/mol. The average molecular weight is 394 g/mol.